The van der Waals surface area contributed by atoms with Crippen molar-refractivity contribution in [2.24, 2.45) is 0 Å². The Bertz CT molecular complexity index is 383. The van der Waals surface area contributed by atoms with Gasteiger partial charge >= 0.3 is 0 Å². The number of carbonyl (C=O) groups is 1. The lowest BCUT2D eigenvalue weighted by Gasteiger charge is -2.13. The smallest absolute Gasteiger partial charge is 0.219 e. The molecule has 100 valence electrons. The summed E-state index contributed by atoms with van der Waals surface area (Å²) in [6, 6.07) is 5.34. The van der Waals surface area contributed by atoms with Crippen molar-refractivity contribution in [2.75, 3.05) is 7.05 Å². The molecule has 0 radical (unpaired) electrons. The van der Waals surface area contributed by atoms with Crippen LogP contribution in [0, 0.1) is 11.3 Å². The van der Waals surface area contributed by atoms with Gasteiger partial charge in [-0.15, -0.1) is 0 Å². The Balaban J connectivity index is 0. The Hall–Kier alpha value is -1.89. The number of nitrogens with zero attached hydrogens (tertiary/aromatic N) is 3. The molecular formula is C14H23N3O. The third-order valence-corrected chi connectivity index (χ3v) is 1.88. The van der Waals surface area contributed by atoms with Crippen molar-refractivity contribution in [3.05, 3.63) is 29.6 Å². The van der Waals surface area contributed by atoms with Crippen LogP contribution < -0.4 is 0 Å². The summed E-state index contributed by atoms with van der Waals surface area (Å²) in [6.07, 6.45) is 1.57. The summed E-state index contributed by atoms with van der Waals surface area (Å²) in [7, 11) is 1.70. The SMILES string of the molecule is CC.CC.CC(=O)N(C)Cc1cc(C#N)ccn1. The average molecular weight is 249 g/mol. The molecule has 1 aromatic heterocycles. The molecule has 1 aromatic rings. The van der Waals surface area contributed by atoms with E-state index in [1.165, 1.54) is 6.92 Å². The Morgan fingerprint density at radius 3 is 2.39 bits per heavy atom. The van der Waals surface area contributed by atoms with Gasteiger partial charge in [-0.05, 0) is 12.1 Å². The average Bonchev–Trinajstić information content (AvgIpc) is 2.43. The number of rotatable bonds is 2. The minimum Gasteiger partial charge on any atom is -0.340 e. The second kappa shape index (κ2) is 11.6. The Morgan fingerprint density at radius 2 is 1.94 bits per heavy atom. The van der Waals surface area contributed by atoms with Gasteiger partial charge in [0.15, 0.2) is 0 Å². The van der Waals surface area contributed by atoms with Crippen molar-refractivity contribution in [1.82, 2.24) is 9.88 Å². The number of hydrogen-bond donors (Lipinski definition) is 0. The monoisotopic (exact) mass is 249 g/mol. The molecule has 0 aliphatic heterocycles. The molecule has 1 amide bonds. The van der Waals surface area contributed by atoms with Crippen molar-refractivity contribution in [3.8, 4) is 6.07 Å². The number of hydrogen-bond acceptors (Lipinski definition) is 3. The van der Waals surface area contributed by atoms with Crippen molar-refractivity contribution in [2.45, 2.75) is 41.2 Å². The van der Waals surface area contributed by atoms with Crippen molar-refractivity contribution < 1.29 is 4.79 Å². The molecule has 0 aliphatic carbocycles. The predicted molar refractivity (Wildman–Crippen MR) is 73.8 cm³/mol. The van der Waals surface area contributed by atoms with Crippen LogP contribution in [0.1, 0.15) is 45.9 Å². The molecule has 0 saturated carbocycles. The lowest BCUT2D eigenvalue weighted by molar-refractivity contribution is -0.128. The molecule has 4 heteroatoms. The zero-order valence-electron chi connectivity index (χ0n) is 12.2. The van der Waals surface area contributed by atoms with Gasteiger partial charge in [0, 0.05) is 20.2 Å². The molecule has 0 bridgehead atoms. The van der Waals surface area contributed by atoms with Gasteiger partial charge in [-0.2, -0.15) is 5.26 Å². The van der Waals surface area contributed by atoms with Gasteiger partial charge < -0.3 is 4.90 Å². The minimum absolute atomic E-state index is 0.0193. The van der Waals surface area contributed by atoms with Crippen LogP contribution in [0.4, 0.5) is 0 Å². The number of pyridine rings is 1. The van der Waals surface area contributed by atoms with Gasteiger partial charge in [0.1, 0.15) is 0 Å². The molecule has 4 nitrogen and oxygen atoms in total. The van der Waals surface area contributed by atoms with Crippen LogP contribution in [0.15, 0.2) is 18.3 Å². The van der Waals surface area contributed by atoms with Crippen molar-refractivity contribution >= 4 is 5.91 Å². The Kier molecular flexibility index (Phi) is 11.9. The molecular weight excluding hydrogens is 226 g/mol. The van der Waals surface area contributed by atoms with Crippen LogP contribution >= 0.6 is 0 Å². The molecule has 0 aromatic carbocycles. The molecule has 0 saturated heterocycles. The number of carbonyl (C=O) groups excluding carboxylic acids is 1. The van der Waals surface area contributed by atoms with Crippen LogP contribution in [-0.2, 0) is 11.3 Å². The topological polar surface area (TPSA) is 57.0 Å². The molecule has 1 heterocycles. The highest BCUT2D eigenvalue weighted by Crippen LogP contribution is 2.03. The zero-order chi connectivity index (χ0) is 14.6. The lowest BCUT2D eigenvalue weighted by Crippen LogP contribution is -2.23. The maximum atomic E-state index is 10.9. The van der Waals surface area contributed by atoms with Crippen molar-refractivity contribution in [3.63, 3.8) is 0 Å². The fraction of sp³-hybridized carbons (Fsp3) is 0.500. The van der Waals surface area contributed by atoms with Gasteiger partial charge in [0.25, 0.3) is 0 Å². The lowest BCUT2D eigenvalue weighted by atomic mass is 10.2. The van der Waals surface area contributed by atoms with Crippen LogP contribution in [0.3, 0.4) is 0 Å². The van der Waals surface area contributed by atoms with E-state index in [2.05, 4.69) is 4.98 Å². The first-order valence-corrected chi connectivity index (χ1v) is 6.20. The Morgan fingerprint density at radius 1 is 1.39 bits per heavy atom. The second-order valence-electron chi connectivity index (χ2n) is 3.02. The highest BCUT2D eigenvalue weighted by molar-refractivity contribution is 5.72. The molecule has 0 N–H and O–H groups in total. The zero-order valence-corrected chi connectivity index (χ0v) is 12.2. The van der Waals surface area contributed by atoms with E-state index < -0.39 is 0 Å². The first-order valence-electron chi connectivity index (χ1n) is 6.20. The normalized spacial score (nSPS) is 7.83. The van der Waals surface area contributed by atoms with Crippen LogP contribution in [0.25, 0.3) is 0 Å². The molecule has 0 aliphatic rings. The summed E-state index contributed by atoms with van der Waals surface area (Å²) >= 11 is 0. The molecule has 0 fully saturated rings. The fourth-order valence-corrected chi connectivity index (χ4v) is 0.989. The maximum absolute atomic E-state index is 10.9. The third kappa shape index (κ3) is 7.39. The van der Waals surface area contributed by atoms with E-state index >= 15 is 0 Å². The molecule has 0 unspecified atom stereocenters. The molecule has 18 heavy (non-hydrogen) atoms. The Labute approximate surface area is 110 Å². The van der Waals surface area contributed by atoms with Crippen LogP contribution in [0.5, 0.6) is 0 Å². The largest absolute Gasteiger partial charge is 0.340 e. The van der Waals surface area contributed by atoms with E-state index in [0.29, 0.717) is 12.1 Å². The predicted octanol–water partition coefficient (Wildman–Crippen LogP) is 2.98. The van der Waals surface area contributed by atoms with Crippen LogP contribution in [-0.4, -0.2) is 22.8 Å². The summed E-state index contributed by atoms with van der Waals surface area (Å²) in [5.74, 6) is -0.0193. The van der Waals surface area contributed by atoms with E-state index in [9.17, 15) is 4.79 Å². The number of amides is 1. The van der Waals surface area contributed by atoms with E-state index in [-0.39, 0.29) is 5.91 Å². The molecule has 1 rings (SSSR count). The van der Waals surface area contributed by atoms with Gasteiger partial charge in [-0.3, -0.25) is 9.78 Å². The molecule has 0 spiro atoms. The third-order valence-electron chi connectivity index (χ3n) is 1.88. The summed E-state index contributed by atoms with van der Waals surface area (Å²) in [4.78, 5) is 16.5. The quantitative estimate of drug-likeness (QED) is 0.809. The minimum atomic E-state index is -0.0193. The van der Waals surface area contributed by atoms with Gasteiger partial charge in [-0.25, -0.2) is 0 Å². The first-order chi connectivity index (χ1) is 8.63. The first kappa shape index (κ1) is 18.5. The number of aromatic nitrogens is 1. The maximum Gasteiger partial charge on any atom is 0.219 e. The highest BCUT2D eigenvalue weighted by atomic mass is 16.2. The van der Waals surface area contributed by atoms with E-state index in [0.717, 1.165) is 5.69 Å². The summed E-state index contributed by atoms with van der Waals surface area (Å²) in [5, 5.41) is 8.65. The fourth-order valence-electron chi connectivity index (χ4n) is 0.989. The standard InChI is InChI=1S/C10H11N3O.2C2H6/c1-8(14)13(2)7-10-5-9(6-11)3-4-12-10;2*1-2/h3-5H,7H2,1-2H3;2*1-2H3. The van der Waals surface area contributed by atoms with E-state index in [4.69, 9.17) is 5.26 Å². The van der Waals surface area contributed by atoms with Gasteiger partial charge in [0.05, 0.1) is 23.9 Å². The summed E-state index contributed by atoms with van der Waals surface area (Å²) < 4.78 is 0. The van der Waals surface area contributed by atoms with Gasteiger partial charge in [0.2, 0.25) is 5.91 Å². The van der Waals surface area contributed by atoms with Crippen molar-refractivity contribution in [1.29, 1.82) is 5.26 Å². The summed E-state index contributed by atoms with van der Waals surface area (Å²) in [6.45, 7) is 9.93. The summed E-state index contributed by atoms with van der Waals surface area (Å²) in [5.41, 5.74) is 1.29. The van der Waals surface area contributed by atoms with Crippen LogP contribution in [0.2, 0.25) is 0 Å². The number of nitriles is 1. The van der Waals surface area contributed by atoms with E-state index in [1.807, 2.05) is 33.8 Å². The molecule has 0 atom stereocenters. The van der Waals surface area contributed by atoms with E-state index in [1.54, 1.807) is 30.3 Å². The highest BCUT2D eigenvalue weighted by Gasteiger charge is 2.04. The second-order valence-corrected chi connectivity index (χ2v) is 3.02. The van der Waals surface area contributed by atoms with Gasteiger partial charge in [-0.1, -0.05) is 27.7 Å².